The molecule has 1 heterocycles. The Balaban J connectivity index is 2.45. The van der Waals surface area contributed by atoms with E-state index in [2.05, 4.69) is 6.58 Å². The molecule has 1 aliphatic rings. The molecule has 1 aliphatic heterocycles. The third-order valence-electron chi connectivity index (χ3n) is 2.62. The molecule has 1 rings (SSSR count). The Morgan fingerprint density at radius 3 is 2.79 bits per heavy atom. The van der Waals surface area contributed by atoms with Gasteiger partial charge in [-0.2, -0.15) is 0 Å². The summed E-state index contributed by atoms with van der Waals surface area (Å²) < 4.78 is 0. The molecule has 0 aliphatic carbocycles. The summed E-state index contributed by atoms with van der Waals surface area (Å²) in [4.78, 5) is 13.6. The van der Waals surface area contributed by atoms with Crippen molar-refractivity contribution in [1.29, 1.82) is 0 Å². The van der Waals surface area contributed by atoms with E-state index in [4.69, 9.17) is 5.73 Å². The van der Waals surface area contributed by atoms with E-state index in [1.54, 1.807) is 0 Å². The van der Waals surface area contributed by atoms with Crippen LogP contribution in [-0.4, -0.2) is 30.4 Å². The van der Waals surface area contributed by atoms with E-state index in [1.807, 2.05) is 4.90 Å². The van der Waals surface area contributed by atoms with E-state index in [0.717, 1.165) is 25.0 Å². The highest BCUT2D eigenvalue weighted by Gasteiger charge is 2.15. The number of carbonyl (C=O) groups is 1. The number of hydrogen-bond donors (Lipinski definition) is 1. The zero-order valence-electron chi connectivity index (χ0n) is 8.80. The minimum absolute atomic E-state index is 0.263. The summed E-state index contributed by atoms with van der Waals surface area (Å²) in [5, 5.41) is 0. The molecule has 14 heavy (non-hydrogen) atoms. The Bertz CT molecular complexity index is 213. The number of carbonyl (C=O) groups excluding carboxylic acids is 1. The number of nitrogens with two attached hydrogens (primary N) is 1. The van der Waals surface area contributed by atoms with Gasteiger partial charge in [-0.25, -0.2) is 0 Å². The van der Waals surface area contributed by atoms with Gasteiger partial charge in [0.1, 0.15) is 0 Å². The summed E-state index contributed by atoms with van der Waals surface area (Å²) in [5.41, 5.74) is 6.41. The van der Waals surface area contributed by atoms with Crippen LogP contribution >= 0.6 is 0 Å². The molecule has 1 saturated heterocycles. The molecular formula is C11H20N2O. The second-order valence-corrected chi connectivity index (χ2v) is 3.93. The molecule has 0 saturated carbocycles. The first-order chi connectivity index (χ1) is 6.74. The Morgan fingerprint density at radius 2 is 2.07 bits per heavy atom. The lowest BCUT2D eigenvalue weighted by atomic mass is 10.1. The van der Waals surface area contributed by atoms with Gasteiger partial charge in [0.2, 0.25) is 5.91 Å². The van der Waals surface area contributed by atoms with Gasteiger partial charge < -0.3 is 10.6 Å². The van der Waals surface area contributed by atoms with Gasteiger partial charge in [0.05, 0.1) is 0 Å². The largest absolute Gasteiger partial charge is 0.339 e. The summed E-state index contributed by atoms with van der Waals surface area (Å²) in [6.07, 6.45) is 5.27. The molecule has 0 aromatic carbocycles. The predicted molar refractivity (Wildman–Crippen MR) is 57.9 cm³/mol. The average molecular weight is 196 g/mol. The Kier molecular flexibility index (Phi) is 4.66. The maximum Gasteiger partial charge on any atom is 0.222 e. The fraction of sp³-hybridized carbons (Fsp3) is 0.727. The lowest BCUT2D eigenvalue weighted by Crippen LogP contribution is -2.35. The van der Waals surface area contributed by atoms with Crippen LogP contribution in [0.15, 0.2) is 12.2 Å². The van der Waals surface area contributed by atoms with Gasteiger partial charge in [-0.15, -0.1) is 0 Å². The third-order valence-corrected chi connectivity index (χ3v) is 2.62. The van der Waals surface area contributed by atoms with E-state index in [9.17, 15) is 4.79 Å². The number of amides is 1. The van der Waals surface area contributed by atoms with Gasteiger partial charge >= 0.3 is 0 Å². The van der Waals surface area contributed by atoms with Crippen molar-refractivity contribution < 1.29 is 4.79 Å². The van der Waals surface area contributed by atoms with Crippen molar-refractivity contribution in [1.82, 2.24) is 4.90 Å². The molecule has 0 radical (unpaired) electrons. The number of likely N-dealkylation sites (tertiary alicyclic amines) is 1. The van der Waals surface area contributed by atoms with Crippen LogP contribution in [0, 0.1) is 0 Å². The number of hydrogen-bond acceptors (Lipinski definition) is 2. The second kappa shape index (κ2) is 5.81. The Hall–Kier alpha value is -0.830. The van der Waals surface area contributed by atoms with Crippen LogP contribution in [-0.2, 0) is 4.79 Å². The van der Waals surface area contributed by atoms with Gasteiger partial charge in [0, 0.05) is 26.1 Å². The first-order valence-electron chi connectivity index (χ1n) is 5.38. The Labute approximate surface area is 86.0 Å². The van der Waals surface area contributed by atoms with Crippen molar-refractivity contribution in [2.24, 2.45) is 5.73 Å². The lowest BCUT2D eigenvalue weighted by Gasteiger charge is -2.25. The van der Waals surface area contributed by atoms with Crippen molar-refractivity contribution in [3.8, 4) is 0 Å². The minimum atomic E-state index is 0.263. The lowest BCUT2D eigenvalue weighted by molar-refractivity contribution is -0.131. The van der Waals surface area contributed by atoms with Crippen molar-refractivity contribution in [2.45, 2.75) is 32.1 Å². The highest BCUT2D eigenvalue weighted by molar-refractivity contribution is 5.76. The van der Waals surface area contributed by atoms with Gasteiger partial charge in [-0.3, -0.25) is 4.79 Å². The summed E-state index contributed by atoms with van der Waals surface area (Å²) in [6, 6.07) is 0. The number of rotatable bonds is 3. The highest BCUT2D eigenvalue weighted by atomic mass is 16.2. The molecule has 2 N–H and O–H groups in total. The fourth-order valence-electron chi connectivity index (χ4n) is 1.72. The fourth-order valence-corrected chi connectivity index (χ4v) is 1.72. The van der Waals surface area contributed by atoms with Crippen LogP contribution in [0.4, 0.5) is 0 Å². The van der Waals surface area contributed by atoms with Crippen LogP contribution in [0.5, 0.6) is 0 Å². The summed E-state index contributed by atoms with van der Waals surface area (Å²) in [7, 11) is 0. The van der Waals surface area contributed by atoms with Gasteiger partial charge in [0.25, 0.3) is 0 Å². The van der Waals surface area contributed by atoms with Crippen LogP contribution in [0.1, 0.15) is 32.1 Å². The number of nitrogens with zero attached hydrogens (tertiary/aromatic N) is 1. The van der Waals surface area contributed by atoms with E-state index < -0.39 is 0 Å². The molecule has 0 spiro atoms. The molecule has 1 fully saturated rings. The maximum atomic E-state index is 11.7. The first kappa shape index (κ1) is 11.2. The van der Waals surface area contributed by atoms with Crippen molar-refractivity contribution in [2.75, 3.05) is 19.6 Å². The molecule has 80 valence electrons. The van der Waals surface area contributed by atoms with Gasteiger partial charge in [-0.05, 0) is 18.4 Å². The monoisotopic (exact) mass is 196 g/mol. The summed E-state index contributed by atoms with van der Waals surface area (Å²) >= 11 is 0. The maximum absolute atomic E-state index is 11.7. The standard InChI is InChI=1S/C11H20N2O/c1-10(8-12)9-13-7-5-3-2-4-6-11(13)14/h1-9,12H2. The van der Waals surface area contributed by atoms with Gasteiger partial charge in [-0.1, -0.05) is 19.4 Å². The van der Waals surface area contributed by atoms with Crippen molar-refractivity contribution in [3.63, 3.8) is 0 Å². The summed E-state index contributed by atoms with van der Waals surface area (Å²) in [5.74, 6) is 0.263. The molecule has 0 bridgehead atoms. The van der Waals surface area contributed by atoms with E-state index >= 15 is 0 Å². The SMILES string of the molecule is C=C(CN)CN1CCCCCCC1=O. The Morgan fingerprint density at radius 1 is 1.36 bits per heavy atom. The summed E-state index contributed by atoms with van der Waals surface area (Å²) in [6.45, 7) is 5.83. The average Bonchev–Trinajstić information content (AvgIpc) is 2.17. The quantitative estimate of drug-likeness (QED) is 0.691. The first-order valence-corrected chi connectivity index (χ1v) is 5.38. The van der Waals surface area contributed by atoms with Crippen LogP contribution < -0.4 is 5.73 Å². The van der Waals surface area contributed by atoms with E-state index in [0.29, 0.717) is 19.5 Å². The molecule has 3 nitrogen and oxygen atoms in total. The van der Waals surface area contributed by atoms with Crippen LogP contribution in [0.25, 0.3) is 0 Å². The molecule has 1 amide bonds. The van der Waals surface area contributed by atoms with E-state index in [1.165, 1.54) is 12.8 Å². The molecular weight excluding hydrogens is 176 g/mol. The zero-order valence-corrected chi connectivity index (χ0v) is 8.80. The molecule has 0 atom stereocenters. The topological polar surface area (TPSA) is 46.3 Å². The predicted octanol–water partition coefficient (Wildman–Crippen LogP) is 1.29. The second-order valence-electron chi connectivity index (χ2n) is 3.93. The van der Waals surface area contributed by atoms with E-state index in [-0.39, 0.29) is 5.91 Å². The normalized spacial score (nSPS) is 18.9. The van der Waals surface area contributed by atoms with Crippen molar-refractivity contribution >= 4 is 5.91 Å². The highest BCUT2D eigenvalue weighted by Crippen LogP contribution is 2.12. The van der Waals surface area contributed by atoms with Crippen LogP contribution in [0.2, 0.25) is 0 Å². The smallest absolute Gasteiger partial charge is 0.222 e. The zero-order chi connectivity index (χ0) is 10.4. The molecule has 3 heteroatoms. The van der Waals surface area contributed by atoms with Crippen molar-refractivity contribution in [3.05, 3.63) is 12.2 Å². The molecule has 0 aromatic rings. The molecule has 0 aromatic heterocycles. The molecule has 0 unspecified atom stereocenters. The van der Waals surface area contributed by atoms with Gasteiger partial charge in [0.15, 0.2) is 0 Å². The minimum Gasteiger partial charge on any atom is -0.339 e. The van der Waals surface area contributed by atoms with Crippen LogP contribution in [0.3, 0.4) is 0 Å². The third kappa shape index (κ3) is 3.50.